The summed E-state index contributed by atoms with van der Waals surface area (Å²) in [5.41, 5.74) is 2.30. The van der Waals surface area contributed by atoms with Gasteiger partial charge in [-0.25, -0.2) is 19.7 Å². The Balaban J connectivity index is 1.33. The number of carbonyl (C=O) groups excluding carboxylic acids is 4. The summed E-state index contributed by atoms with van der Waals surface area (Å²) in [4.78, 5) is 55.9. The van der Waals surface area contributed by atoms with Gasteiger partial charge in [-0.05, 0) is 77.3 Å². The number of hydrogen-bond donors (Lipinski definition) is 3. The fourth-order valence-corrected chi connectivity index (χ4v) is 9.68. The number of nitrogen functional groups attached to an aromatic ring is 1. The highest BCUT2D eigenvalue weighted by molar-refractivity contribution is 7.54. The molecule has 0 amide bonds. The zero-order valence-electron chi connectivity index (χ0n) is 30.1. The summed E-state index contributed by atoms with van der Waals surface area (Å²) in [5, 5.41) is 20.3. The van der Waals surface area contributed by atoms with Crippen LogP contribution >= 0.6 is 7.67 Å². The summed E-state index contributed by atoms with van der Waals surface area (Å²) < 4.78 is 51.7. The van der Waals surface area contributed by atoms with Crippen LogP contribution in [0.3, 0.4) is 0 Å². The second-order valence-electron chi connectivity index (χ2n) is 14.1. The summed E-state index contributed by atoms with van der Waals surface area (Å²) in [6.07, 6.45) is 4.56. The van der Waals surface area contributed by atoms with Crippen LogP contribution in [0.5, 0.6) is 0 Å². The molecular formula is C34H46N7O11P. The Labute approximate surface area is 306 Å². The zero-order valence-corrected chi connectivity index (χ0v) is 31.0. The summed E-state index contributed by atoms with van der Waals surface area (Å²) in [6.45, 7) is 5.03. The van der Waals surface area contributed by atoms with E-state index in [-0.39, 0.29) is 23.7 Å². The first-order chi connectivity index (χ1) is 25.2. The van der Waals surface area contributed by atoms with Gasteiger partial charge in [-0.3, -0.25) is 28.3 Å². The monoisotopic (exact) mass is 759 g/mol. The van der Waals surface area contributed by atoms with Crippen LogP contribution in [0.4, 0.5) is 5.82 Å². The van der Waals surface area contributed by atoms with Crippen molar-refractivity contribution >= 4 is 42.9 Å². The first-order valence-corrected chi connectivity index (χ1v) is 19.6. The molecule has 7 atom stereocenters. The van der Waals surface area contributed by atoms with Gasteiger partial charge in [0.2, 0.25) is 11.2 Å². The number of ether oxygens (including phenoxy) is 5. The number of fused-ring (bicyclic) bond motifs is 2. The van der Waals surface area contributed by atoms with E-state index in [1.807, 2.05) is 6.07 Å². The number of nitrogens with zero attached hydrogens (tertiary/aromatic N) is 4. The second-order valence-corrected chi connectivity index (χ2v) is 16.0. The maximum absolute atomic E-state index is 14.9. The average Bonchev–Trinajstić information content (AvgIpc) is 3.35. The molecule has 0 radical (unpaired) electrons. The molecule has 6 rings (SSSR count). The lowest BCUT2D eigenvalue weighted by Crippen LogP contribution is -2.46. The molecule has 1 aliphatic heterocycles. The molecule has 2 aromatic heterocycles. The molecule has 4 fully saturated rings. The fourth-order valence-electron chi connectivity index (χ4n) is 7.66. The van der Waals surface area contributed by atoms with E-state index in [0.717, 1.165) is 52.4 Å². The van der Waals surface area contributed by atoms with Crippen molar-refractivity contribution in [1.82, 2.24) is 24.8 Å². The highest BCUT2D eigenvalue weighted by Gasteiger charge is 2.95. The summed E-state index contributed by atoms with van der Waals surface area (Å²) in [6, 6.07) is 2.69. The third kappa shape index (κ3) is 7.50. The van der Waals surface area contributed by atoms with Crippen LogP contribution < -0.4 is 15.9 Å². The van der Waals surface area contributed by atoms with Crippen LogP contribution in [0, 0.1) is 11.3 Å². The third-order valence-corrected chi connectivity index (χ3v) is 12.2. The first kappa shape index (κ1) is 38.6. The molecule has 0 unspecified atom stereocenters. The Morgan fingerprint density at radius 3 is 2.02 bits per heavy atom. The molecule has 3 saturated carbocycles. The van der Waals surface area contributed by atoms with Gasteiger partial charge in [0.1, 0.15) is 48.3 Å². The van der Waals surface area contributed by atoms with Gasteiger partial charge in [-0.1, -0.05) is 12.8 Å². The lowest BCUT2D eigenvalue weighted by Gasteiger charge is -2.31. The van der Waals surface area contributed by atoms with Crippen molar-refractivity contribution in [3.05, 3.63) is 24.2 Å². The molecule has 4 N–H and O–H groups in total. The van der Waals surface area contributed by atoms with Gasteiger partial charge < -0.3 is 29.4 Å². The van der Waals surface area contributed by atoms with Gasteiger partial charge in [0.15, 0.2) is 18.0 Å². The minimum absolute atomic E-state index is 0.134. The van der Waals surface area contributed by atoms with Crippen molar-refractivity contribution in [1.29, 1.82) is 5.26 Å². The maximum atomic E-state index is 14.9. The number of carbonyl (C=O) groups is 4. The Hall–Kier alpha value is -4.14. The van der Waals surface area contributed by atoms with Gasteiger partial charge in [-0.2, -0.15) is 10.4 Å². The van der Waals surface area contributed by atoms with E-state index >= 15 is 0 Å². The van der Waals surface area contributed by atoms with E-state index in [0.29, 0.717) is 31.2 Å². The van der Waals surface area contributed by atoms with Crippen LogP contribution in [-0.4, -0.2) is 86.2 Å². The van der Waals surface area contributed by atoms with Gasteiger partial charge in [0.05, 0.1) is 5.69 Å². The maximum Gasteiger partial charge on any atom is 0.342 e. The molecule has 53 heavy (non-hydrogen) atoms. The lowest BCUT2D eigenvalue weighted by molar-refractivity contribution is -0.174. The van der Waals surface area contributed by atoms with Gasteiger partial charge in [-0.15, -0.1) is 0 Å². The molecule has 0 bridgehead atoms. The number of nitrogens with two attached hydrogens (primary N) is 1. The van der Waals surface area contributed by atoms with E-state index in [1.54, 1.807) is 12.1 Å². The van der Waals surface area contributed by atoms with Gasteiger partial charge >= 0.3 is 31.5 Å². The van der Waals surface area contributed by atoms with E-state index in [9.17, 15) is 29.0 Å². The first-order valence-electron chi connectivity index (χ1n) is 18.0. The smallest absolute Gasteiger partial charge is 0.342 e. The number of hydrogen-bond acceptors (Lipinski definition) is 15. The lowest BCUT2D eigenvalue weighted by atomic mass is 9.98. The van der Waals surface area contributed by atoms with Crippen molar-refractivity contribution in [3.63, 3.8) is 0 Å². The molecule has 2 aromatic rings. The number of aromatic nitrogens is 3. The van der Waals surface area contributed by atoms with E-state index in [4.69, 9.17) is 33.9 Å². The van der Waals surface area contributed by atoms with Crippen molar-refractivity contribution in [3.8, 4) is 6.07 Å². The summed E-state index contributed by atoms with van der Waals surface area (Å²) >= 11 is 0. The second kappa shape index (κ2) is 15.3. The Morgan fingerprint density at radius 1 is 0.943 bits per heavy atom. The minimum Gasteiger partial charge on any atom is -0.461 e. The summed E-state index contributed by atoms with van der Waals surface area (Å²) in [7, 11) is -4.63. The number of anilines is 1. The molecule has 0 aromatic carbocycles. The molecule has 19 heteroatoms. The fraction of sp³-hybridized carbons (Fsp3) is 0.676. The molecule has 3 aliphatic carbocycles. The topological polar surface area (TPSA) is 245 Å². The van der Waals surface area contributed by atoms with Crippen molar-refractivity contribution in [2.75, 3.05) is 5.73 Å². The zero-order chi connectivity index (χ0) is 38.1. The third-order valence-electron chi connectivity index (χ3n) is 10.2. The van der Waals surface area contributed by atoms with E-state index in [1.165, 1.54) is 24.7 Å². The predicted molar refractivity (Wildman–Crippen MR) is 183 cm³/mol. The van der Waals surface area contributed by atoms with Gasteiger partial charge in [0.25, 0.3) is 0 Å². The quantitative estimate of drug-likeness (QED) is 0.151. The minimum atomic E-state index is -4.63. The van der Waals surface area contributed by atoms with E-state index in [2.05, 4.69) is 20.3 Å². The highest BCUT2D eigenvalue weighted by Crippen LogP contribution is 2.70. The predicted octanol–water partition coefficient (Wildman–Crippen LogP) is 3.09. The molecule has 4 aliphatic rings. The molecule has 3 heterocycles. The van der Waals surface area contributed by atoms with E-state index < -0.39 is 73.1 Å². The van der Waals surface area contributed by atoms with Crippen LogP contribution in [0.15, 0.2) is 18.5 Å². The van der Waals surface area contributed by atoms with Crippen molar-refractivity contribution < 1.29 is 52.0 Å². The molecule has 1 saturated heterocycles. The van der Waals surface area contributed by atoms with Crippen LogP contribution in [0.1, 0.15) is 104 Å². The number of esters is 4. The standard InChI is InChI=1S/C34H46N7O11P/c1-19(30(44)48-23-11-7-5-8-12-23)39-53(46,40-20(2)31(45)49-24-13-9-6-10-14-24)52-32-33(17-35)34(32,50-22(4)43)28(47-21(3)42)27(51-33)25-15-16-26-29(36)37-18-38-41(25)26/h15-16,18-20,23-24,27-28,32H,5-14H2,1-4H3,(H2,36,37,38)(H2,39,40,46)/t19-,20-,27-,28-,32+,33+,34+/m0/s1. The normalized spacial score (nSPS) is 28.6. The average molecular weight is 760 g/mol. The largest absolute Gasteiger partial charge is 0.461 e. The van der Waals surface area contributed by atoms with Crippen molar-refractivity contribution in [2.24, 2.45) is 0 Å². The Morgan fingerprint density at radius 2 is 1.51 bits per heavy atom. The highest BCUT2D eigenvalue weighted by atomic mass is 31.2. The summed E-state index contributed by atoms with van der Waals surface area (Å²) in [5.74, 6) is -3.00. The number of nitriles is 1. The van der Waals surface area contributed by atoms with Crippen LogP contribution in [0.2, 0.25) is 0 Å². The Bertz CT molecular complexity index is 1780. The van der Waals surface area contributed by atoms with Gasteiger partial charge in [0, 0.05) is 13.8 Å². The Kier molecular flexibility index (Phi) is 11.1. The molecule has 288 valence electrons. The van der Waals surface area contributed by atoms with Crippen molar-refractivity contribution in [2.45, 2.75) is 146 Å². The number of nitrogens with one attached hydrogen (secondary N) is 2. The molecule has 18 nitrogen and oxygen atoms in total. The molecular weight excluding hydrogens is 713 g/mol. The number of rotatable bonds is 13. The van der Waals surface area contributed by atoms with Crippen LogP contribution in [0.25, 0.3) is 5.52 Å². The SMILES string of the molecule is CC(=O)O[C@H]1[C@H](c2ccc3c(N)ncnn23)O[C@]2(C#N)[C@@H](OP(=O)(N[C@@H](C)C(=O)OC3CCCCC3)N[C@@H](C)C(=O)OC3CCCCC3)[C@]12OC(C)=O. The van der Waals surface area contributed by atoms with Crippen LogP contribution in [-0.2, 0) is 52.0 Å². The molecule has 0 spiro atoms.